The van der Waals surface area contributed by atoms with E-state index in [1.54, 1.807) is 6.20 Å². The Labute approximate surface area is 124 Å². The number of para-hydroxylation sites is 1. The minimum atomic E-state index is -0.193. The van der Waals surface area contributed by atoms with Crippen molar-refractivity contribution in [2.75, 3.05) is 6.61 Å². The van der Waals surface area contributed by atoms with Crippen LogP contribution in [0.1, 0.15) is 25.3 Å². The fourth-order valence-corrected chi connectivity index (χ4v) is 2.23. The van der Waals surface area contributed by atoms with Crippen molar-refractivity contribution >= 4 is 16.9 Å². The number of hydrogen-bond acceptors (Lipinski definition) is 3. The van der Waals surface area contributed by atoms with Crippen LogP contribution >= 0.6 is 0 Å². The maximum Gasteiger partial charge on any atom is 0.315 e. The van der Waals surface area contributed by atoms with E-state index in [0.717, 1.165) is 22.9 Å². The number of urea groups is 1. The van der Waals surface area contributed by atoms with Gasteiger partial charge in [-0.05, 0) is 37.5 Å². The fraction of sp³-hybridized carbons (Fsp3) is 0.375. The Kier molecular flexibility index (Phi) is 5.51. The number of pyridine rings is 1. The monoisotopic (exact) mass is 287 g/mol. The lowest BCUT2D eigenvalue weighted by molar-refractivity contribution is 0.234. The van der Waals surface area contributed by atoms with Crippen LogP contribution in [0, 0.1) is 0 Å². The van der Waals surface area contributed by atoms with Crippen LogP contribution in [0.15, 0.2) is 36.5 Å². The van der Waals surface area contributed by atoms with Crippen molar-refractivity contribution in [1.29, 1.82) is 0 Å². The summed E-state index contributed by atoms with van der Waals surface area (Å²) in [4.78, 5) is 16.1. The number of aromatic nitrogens is 1. The molecule has 0 aliphatic rings. The Morgan fingerprint density at radius 1 is 1.33 bits per heavy atom. The molecule has 0 saturated carbocycles. The van der Waals surface area contributed by atoms with E-state index in [1.165, 1.54) is 0 Å². The molecule has 112 valence electrons. The van der Waals surface area contributed by atoms with Crippen molar-refractivity contribution in [2.45, 2.75) is 32.4 Å². The highest BCUT2D eigenvalue weighted by atomic mass is 16.3. The maximum atomic E-state index is 11.8. The summed E-state index contributed by atoms with van der Waals surface area (Å²) in [6, 6.07) is 9.63. The van der Waals surface area contributed by atoms with E-state index in [2.05, 4.69) is 15.6 Å². The predicted octanol–water partition coefficient (Wildman–Crippen LogP) is 2.20. The Morgan fingerprint density at radius 3 is 2.95 bits per heavy atom. The van der Waals surface area contributed by atoms with Crippen LogP contribution in [0.25, 0.3) is 10.9 Å². The van der Waals surface area contributed by atoms with Gasteiger partial charge in [-0.3, -0.25) is 4.98 Å². The van der Waals surface area contributed by atoms with Crippen molar-refractivity contribution in [3.63, 3.8) is 0 Å². The summed E-state index contributed by atoms with van der Waals surface area (Å²) < 4.78 is 0. The van der Waals surface area contributed by atoms with Crippen LogP contribution in [0.5, 0.6) is 0 Å². The van der Waals surface area contributed by atoms with E-state index in [4.69, 9.17) is 5.11 Å². The highest BCUT2D eigenvalue weighted by Gasteiger charge is 2.07. The third-order valence-electron chi connectivity index (χ3n) is 3.35. The molecule has 5 heteroatoms. The maximum absolute atomic E-state index is 11.8. The topological polar surface area (TPSA) is 74.2 Å². The Bertz CT molecular complexity index is 596. The zero-order valence-electron chi connectivity index (χ0n) is 12.2. The Morgan fingerprint density at radius 2 is 2.14 bits per heavy atom. The van der Waals surface area contributed by atoms with Crippen molar-refractivity contribution in [3.8, 4) is 0 Å². The van der Waals surface area contributed by atoms with Crippen molar-refractivity contribution in [2.24, 2.45) is 0 Å². The lowest BCUT2D eigenvalue weighted by Crippen LogP contribution is -2.40. The molecule has 0 saturated heterocycles. The standard InChI is InChI=1S/C16H21N3O2/c1-12(5-4-10-20)19-16(21)18-11-13-8-9-17-15-7-3-2-6-14(13)15/h2-3,6-9,12,20H,4-5,10-11H2,1H3,(H2,18,19,21). The highest BCUT2D eigenvalue weighted by molar-refractivity contribution is 5.82. The van der Waals surface area contributed by atoms with Gasteiger partial charge >= 0.3 is 6.03 Å². The van der Waals surface area contributed by atoms with Gasteiger partial charge in [0.2, 0.25) is 0 Å². The summed E-state index contributed by atoms with van der Waals surface area (Å²) in [6.45, 7) is 2.54. The second kappa shape index (κ2) is 7.59. The molecule has 2 rings (SSSR count). The van der Waals surface area contributed by atoms with E-state index in [0.29, 0.717) is 13.0 Å². The number of carbonyl (C=O) groups is 1. The molecule has 3 N–H and O–H groups in total. The molecule has 2 amide bonds. The molecule has 2 aromatic rings. The van der Waals surface area contributed by atoms with Crippen LogP contribution in [-0.2, 0) is 6.54 Å². The predicted molar refractivity (Wildman–Crippen MR) is 82.9 cm³/mol. The van der Waals surface area contributed by atoms with Gasteiger partial charge in [-0.25, -0.2) is 4.79 Å². The Hall–Kier alpha value is -2.14. The summed E-state index contributed by atoms with van der Waals surface area (Å²) in [6.07, 6.45) is 3.21. The zero-order valence-corrected chi connectivity index (χ0v) is 12.2. The summed E-state index contributed by atoms with van der Waals surface area (Å²) in [5.74, 6) is 0. The van der Waals surface area contributed by atoms with Gasteiger partial charge in [-0.15, -0.1) is 0 Å². The van der Waals surface area contributed by atoms with Crippen LogP contribution in [-0.4, -0.2) is 28.8 Å². The molecule has 1 heterocycles. The molecule has 5 nitrogen and oxygen atoms in total. The summed E-state index contributed by atoms with van der Waals surface area (Å²) in [5, 5.41) is 15.5. The molecular formula is C16H21N3O2. The minimum absolute atomic E-state index is 0.0475. The van der Waals surface area contributed by atoms with Gasteiger partial charge in [0.25, 0.3) is 0 Å². The summed E-state index contributed by atoms with van der Waals surface area (Å²) >= 11 is 0. The van der Waals surface area contributed by atoms with Crippen molar-refractivity contribution in [3.05, 3.63) is 42.1 Å². The minimum Gasteiger partial charge on any atom is -0.396 e. The smallest absolute Gasteiger partial charge is 0.315 e. The largest absolute Gasteiger partial charge is 0.396 e. The van der Waals surface area contributed by atoms with Crippen LogP contribution in [0.2, 0.25) is 0 Å². The number of amides is 2. The van der Waals surface area contributed by atoms with E-state index in [1.807, 2.05) is 37.3 Å². The summed E-state index contributed by atoms with van der Waals surface area (Å²) in [5.41, 5.74) is 1.97. The van der Waals surface area contributed by atoms with Gasteiger partial charge in [0.1, 0.15) is 0 Å². The first-order chi connectivity index (χ1) is 10.2. The van der Waals surface area contributed by atoms with Gasteiger partial charge in [-0.1, -0.05) is 18.2 Å². The third kappa shape index (κ3) is 4.43. The molecule has 0 spiro atoms. The molecule has 21 heavy (non-hydrogen) atoms. The fourth-order valence-electron chi connectivity index (χ4n) is 2.23. The van der Waals surface area contributed by atoms with E-state index in [-0.39, 0.29) is 18.7 Å². The molecule has 0 bridgehead atoms. The van der Waals surface area contributed by atoms with Crippen molar-refractivity contribution < 1.29 is 9.90 Å². The van der Waals surface area contributed by atoms with Crippen LogP contribution in [0.4, 0.5) is 4.79 Å². The molecule has 0 fully saturated rings. The molecule has 1 unspecified atom stereocenters. The molecule has 1 aromatic carbocycles. The average molecular weight is 287 g/mol. The van der Waals surface area contributed by atoms with Gasteiger partial charge in [0.05, 0.1) is 5.52 Å². The second-order valence-electron chi connectivity index (χ2n) is 5.08. The van der Waals surface area contributed by atoms with Crippen molar-refractivity contribution in [1.82, 2.24) is 15.6 Å². The van der Waals surface area contributed by atoms with Crippen LogP contribution in [0.3, 0.4) is 0 Å². The number of carbonyl (C=O) groups excluding carboxylic acids is 1. The lowest BCUT2D eigenvalue weighted by Gasteiger charge is -2.14. The number of benzene rings is 1. The number of rotatable bonds is 6. The first-order valence-corrected chi connectivity index (χ1v) is 7.18. The third-order valence-corrected chi connectivity index (χ3v) is 3.35. The number of fused-ring (bicyclic) bond motifs is 1. The molecular weight excluding hydrogens is 266 g/mol. The number of nitrogens with zero attached hydrogens (tertiary/aromatic N) is 1. The number of hydrogen-bond donors (Lipinski definition) is 3. The first-order valence-electron chi connectivity index (χ1n) is 7.18. The van der Waals surface area contributed by atoms with E-state index >= 15 is 0 Å². The second-order valence-corrected chi connectivity index (χ2v) is 5.08. The first kappa shape index (κ1) is 15.3. The van der Waals surface area contributed by atoms with E-state index in [9.17, 15) is 4.79 Å². The van der Waals surface area contributed by atoms with Gasteiger partial charge in [-0.2, -0.15) is 0 Å². The zero-order chi connectivity index (χ0) is 15.1. The number of aliphatic hydroxyl groups is 1. The number of nitrogens with one attached hydrogen (secondary N) is 2. The van der Waals surface area contributed by atoms with E-state index < -0.39 is 0 Å². The number of aliphatic hydroxyl groups excluding tert-OH is 1. The van der Waals surface area contributed by atoms with Gasteiger partial charge in [0.15, 0.2) is 0 Å². The van der Waals surface area contributed by atoms with Crippen LogP contribution < -0.4 is 10.6 Å². The van der Waals surface area contributed by atoms with Gasteiger partial charge < -0.3 is 15.7 Å². The average Bonchev–Trinajstić information content (AvgIpc) is 2.51. The molecule has 0 radical (unpaired) electrons. The molecule has 1 aromatic heterocycles. The molecule has 1 atom stereocenters. The molecule has 0 aliphatic carbocycles. The summed E-state index contributed by atoms with van der Waals surface area (Å²) in [7, 11) is 0. The highest BCUT2D eigenvalue weighted by Crippen LogP contribution is 2.15. The van der Waals surface area contributed by atoms with Gasteiger partial charge in [0, 0.05) is 30.8 Å². The normalized spacial score (nSPS) is 12.1. The molecule has 0 aliphatic heterocycles. The SMILES string of the molecule is CC(CCCO)NC(=O)NCc1ccnc2ccccc12. The Balaban J connectivity index is 1.91. The lowest BCUT2D eigenvalue weighted by atomic mass is 10.1. The quantitative estimate of drug-likeness (QED) is 0.762.